The SMILES string of the molecule is CCc1ccc(CN(C)c2cc(Br)ccc2CN)cc1. The maximum absolute atomic E-state index is 5.83. The van der Waals surface area contributed by atoms with Crippen molar-refractivity contribution >= 4 is 21.6 Å². The van der Waals surface area contributed by atoms with Gasteiger partial charge in [0.1, 0.15) is 0 Å². The van der Waals surface area contributed by atoms with Gasteiger partial charge in [-0.3, -0.25) is 0 Å². The van der Waals surface area contributed by atoms with Gasteiger partial charge in [-0.2, -0.15) is 0 Å². The molecule has 0 atom stereocenters. The van der Waals surface area contributed by atoms with Crippen LogP contribution < -0.4 is 10.6 Å². The van der Waals surface area contributed by atoms with E-state index in [4.69, 9.17) is 5.73 Å². The molecule has 2 aromatic carbocycles. The van der Waals surface area contributed by atoms with Crippen LogP contribution in [0.1, 0.15) is 23.6 Å². The van der Waals surface area contributed by atoms with Crippen LogP contribution in [-0.2, 0) is 19.5 Å². The minimum Gasteiger partial charge on any atom is -0.370 e. The lowest BCUT2D eigenvalue weighted by Crippen LogP contribution is -2.19. The third-order valence-corrected chi connectivity index (χ3v) is 4.02. The Morgan fingerprint density at radius 1 is 1.05 bits per heavy atom. The molecule has 0 aromatic heterocycles. The van der Waals surface area contributed by atoms with Crippen LogP contribution in [0.25, 0.3) is 0 Å². The summed E-state index contributed by atoms with van der Waals surface area (Å²) in [7, 11) is 2.11. The lowest BCUT2D eigenvalue weighted by Gasteiger charge is -2.22. The summed E-state index contributed by atoms with van der Waals surface area (Å²) < 4.78 is 1.08. The van der Waals surface area contributed by atoms with Crippen LogP contribution >= 0.6 is 15.9 Å². The summed E-state index contributed by atoms with van der Waals surface area (Å²) in [5.41, 5.74) is 10.9. The van der Waals surface area contributed by atoms with E-state index >= 15 is 0 Å². The average molecular weight is 333 g/mol. The van der Waals surface area contributed by atoms with Crippen LogP contribution in [0.15, 0.2) is 46.9 Å². The number of nitrogens with two attached hydrogens (primary N) is 1. The number of aryl methyl sites for hydroxylation is 1. The number of hydrogen-bond donors (Lipinski definition) is 1. The highest BCUT2D eigenvalue weighted by molar-refractivity contribution is 9.10. The molecule has 0 saturated heterocycles. The molecule has 2 N–H and O–H groups in total. The Bertz CT molecular complexity index is 564. The van der Waals surface area contributed by atoms with E-state index in [-0.39, 0.29) is 0 Å². The molecule has 2 rings (SSSR count). The lowest BCUT2D eigenvalue weighted by atomic mass is 10.1. The van der Waals surface area contributed by atoms with Gasteiger partial charge in [-0.05, 0) is 35.2 Å². The molecule has 20 heavy (non-hydrogen) atoms. The summed E-state index contributed by atoms with van der Waals surface area (Å²) in [6.45, 7) is 3.62. The summed E-state index contributed by atoms with van der Waals surface area (Å²) in [6.07, 6.45) is 1.08. The Hall–Kier alpha value is -1.32. The third-order valence-electron chi connectivity index (χ3n) is 3.53. The second kappa shape index (κ2) is 6.91. The predicted octanol–water partition coefficient (Wildman–Crippen LogP) is 4.11. The van der Waals surface area contributed by atoms with E-state index in [0.29, 0.717) is 6.54 Å². The normalized spacial score (nSPS) is 10.6. The minimum atomic E-state index is 0.557. The number of benzene rings is 2. The van der Waals surface area contributed by atoms with E-state index in [9.17, 15) is 0 Å². The molecular weight excluding hydrogens is 312 g/mol. The first kappa shape index (κ1) is 15.1. The van der Waals surface area contributed by atoms with Crippen LogP contribution in [0, 0.1) is 0 Å². The molecular formula is C17H21BrN2. The first-order chi connectivity index (χ1) is 9.63. The summed E-state index contributed by atoms with van der Waals surface area (Å²) in [6, 6.07) is 15.1. The van der Waals surface area contributed by atoms with E-state index in [1.807, 2.05) is 6.07 Å². The molecule has 106 valence electrons. The van der Waals surface area contributed by atoms with Crippen molar-refractivity contribution in [3.63, 3.8) is 0 Å². The molecule has 2 aromatic rings. The van der Waals surface area contributed by atoms with Gasteiger partial charge in [-0.15, -0.1) is 0 Å². The molecule has 0 bridgehead atoms. The van der Waals surface area contributed by atoms with Crippen LogP contribution in [0.5, 0.6) is 0 Å². The summed E-state index contributed by atoms with van der Waals surface area (Å²) in [5, 5.41) is 0. The van der Waals surface area contributed by atoms with Gasteiger partial charge in [-0.25, -0.2) is 0 Å². The molecule has 0 unspecified atom stereocenters. The fourth-order valence-corrected chi connectivity index (χ4v) is 2.65. The first-order valence-corrected chi connectivity index (χ1v) is 7.70. The zero-order valence-electron chi connectivity index (χ0n) is 12.1. The Kier molecular flexibility index (Phi) is 5.21. The largest absolute Gasteiger partial charge is 0.370 e. The Morgan fingerprint density at radius 3 is 2.30 bits per heavy atom. The molecule has 0 amide bonds. The van der Waals surface area contributed by atoms with E-state index < -0.39 is 0 Å². The third kappa shape index (κ3) is 3.62. The average Bonchev–Trinajstić information content (AvgIpc) is 2.48. The summed E-state index contributed by atoms with van der Waals surface area (Å²) >= 11 is 3.53. The van der Waals surface area contributed by atoms with Crippen LogP contribution in [0.4, 0.5) is 5.69 Å². The van der Waals surface area contributed by atoms with Gasteiger partial charge in [0.25, 0.3) is 0 Å². The van der Waals surface area contributed by atoms with Crippen LogP contribution in [0.2, 0.25) is 0 Å². The molecule has 0 fully saturated rings. The van der Waals surface area contributed by atoms with E-state index in [0.717, 1.165) is 17.4 Å². The molecule has 0 spiro atoms. The van der Waals surface area contributed by atoms with Crippen LogP contribution in [0.3, 0.4) is 0 Å². The lowest BCUT2D eigenvalue weighted by molar-refractivity contribution is 0.902. The zero-order valence-corrected chi connectivity index (χ0v) is 13.7. The smallest absolute Gasteiger partial charge is 0.0426 e. The van der Waals surface area contributed by atoms with Crippen LogP contribution in [-0.4, -0.2) is 7.05 Å². The van der Waals surface area contributed by atoms with Gasteiger partial charge < -0.3 is 10.6 Å². The zero-order chi connectivity index (χ0) is 14.5. The molecule has 0 radical (unpaired) electrons. The van der Waals surface area contributed by atoms with Gasteiger partial charge in [0.15, 0.2) is 0 Å². The highest BCUT2D eigenvalue weighted by Crippen LogP contribution is 2.25. The molecule has 0 aliphatic heterocycles. The minimum absolute atomic E-state index is 0.557. The van der Waals surface area contributed by atoms with Crippen molar-refractivity contribution in [2.75, 3.05) is 11.9 Å². The highest BCUT2D eigenvalue weighted by Gasteiger charge is 2.08. The monoisotopic (exact) mass is 332 g/mol. The standard InChI is InChI=1S/C17H21BrN2/c1-3-13-4-6-14(7-5-13)12-20(2)17-10-16(18)9-8-15(17)11-19/h4-10H,3,11-12,19H2,1-2H3. The highest BCUT2D eigenvalue weighted by atomic mass is 79.9. The van der Waals surface area contributed by atoms with Crippen molar-refractivity contribution in [3.8, 4) is 0 Å². The number of rotatable bonds is 5. The van der Waals surface area contributed by atoms with Crippen molar-refractivity contribution in [3.05, 3.63) is 63.6 Å². The maximum atomic E-state index is 5.83. The Morgan fingerprint density at radius 2 is 1.70 bits per heavy atom. The van der Waals surface area contributed by atoms with Gasteiger partial charge in [0, 0.05) is 30.3 Å². The number of hydrogen-bond acceptors (Lipinski definition) is 2. The molecule has 3 heteroatoms. The van der Waals surface area contributed by atoms with Crippen molar-refractivity contribution in [1.82, 2.24) is 0 Å². The number of nitrogens with zero attached hydrogens (tertiary/aromatic N) is 1. The van der Waals surface area contributed by atoms with E-state index in [1.165, 1.54) is 22.4 Å². The molecule has 0 aliphatic rings. The Labute approximate surface area is 129 Å². The topological polar surface area (TPSA) is 29.3 Å². The van der Waals surface area contributed by atoms with Gasteiger partial charge in [0.2, 0.25) is 0 Å². The molecule has 0 aliphatic carbocycles. The van der Waals surface area contributed by atoms with Gasteiger partial charge in [-0.1, -0.05) is 53.2 Å². The summed E-state index contributed by atoms with van der Waals surface area (Å²) in [5.74, 6) is 0. The number of anilines is 1. The fraction of sp³-hybridized carbons (Fsp3) is 0.294. The van der Waals surface area contributed by atoms with Gasteiger partial charge in [0.05, 0.1) is 0 Å². The molecule has 2 nitrogen and oxygen atoms in total. The second-order valence-corrected chi connectivity index (χ2v) is 5.92. The molecule has 0 heterocycles. The Balaban J connectivity index is 2.18. The first-order valence-electron chi connectivity index (χ1n) is 6.91. The van der Waals surface area contributed by atoms with E-state index in [2.05, 4.69) is 71.2 Å². The van der Waals surface area contributed by atoms with Crippen molar-refractivity contribution in [2.45, 2.75) is 26.4 Å². The summed E-state index contributed by atoms with van der Waals surface area (Å²) in [4.78, 5) is 2.24. The fourth-order valence-electron chi connectivity index (χ4n) is 2.30. The second-order valence-electron chi connectivity index (χ2n) is 5.00. The predicted molar refractivity (Wildman–Crippen MR) is 90.0 cm³/mol. The van der Waals surface area contributed by atoms with Crippen molar-refractivity contribution in [1.29, 1.82) is 0 Å². The molecule has 0 saturated carbocycles. The van der Waals surface area contributed by atoms with Crippen molar-refractivity contribution in [2.24, 2.45) is 5.73 Å². The number of halogens is 1. The quantitative estimate of drug-likeness (QED) is 0.892. The van der Waals surface area contributed by atoms with Gasteiger partial charge >= 0.3 is 0 Å². The maximum Gasteiger partial charge on any atom is 0.0426 e. The van der Waals surface area contributed by atoms with E-state index in [1.54, 1.807) is 0 Å². The van der Waals surface area contributed by atoms with Crippen molar-refractivity contribution < 1.29 is 0 Å².